The van der Waals surface area contributed by atoms with E-state index in [2.05, 4.69) is 54.4 Å². The minimum Gasteiger partial charge on any atom is -0.366 e. The van der Waals surface area contributed by atoms with Crippen LogP contribution in [0.25, 0.3) is 0 Å². The lowest BCUT2D eigenvalue weighted by atomic mass is 10.0. The summed E-state index contributed by atoms with van der Waals surface area (Å²) < 4.78 is 0. The third kappa shape index (κ3) is 2.15. The molecule has 1 heterocycles. The number of nitrogens with zero attached hydrogens (tertiary/aromatic N) is 1. The molecule has 1 saturated heterocycles. The number of anilines is 1. The maximum atomic E-state index is 3.58. The minimum atomic E-state index is 0.589. The topological polar surface area (TPSA) is 15.3 Å². The Labute approximate surface area is 92.3 Å². The van der Waals surface area contributed by atoms with Crippen LogP contribution in [0.3, 0.4) is 0 Å². The van der Waals surface area contributed by atoms with Gasteiger partial charge in [-0.2, -0.15) is 0 Å². The van der Waals surface area contributed by atoms with Gasteiger partial charge < -0.3 is 10.2 Å². The van der Waals surface area contributed by atoms with Crippen LogP contribution in [0.1, 0.15) is 20.3 Å². The van der Waals surface area contributed by atoms with Crippen LogP contribution >= 0.6 is 0 Å². The Morgan fingerprint density at radius 2 is 2.07 bits per heavy atom. The molecule has 1 N–H and O–H groups in total. The molecule has 2 heteroatoms. The zero-order valence-electron chi connectivity index (χ0n) is 9.61. The van der Waals surface area contributed by atoms with Crippen molar-refractivity contribution in [2.24, 2.45) is 0 Å². The van der Waals surface area contributed by atoms with Crippen LogP contribution in [0.2, 0.25) is 0 Å². The average molecular weight is 204 g/mol. The first-order valence-corrected chi connectivity index (χ1v) is 5.88. The van der Waals surface area contributed by atoms with E-state index in [9.17, 15) is 0 Å². The molecule has 0 aromatic heterocycles. The molecule has 82 valence electrons. The van der Waals surface area contributed by atoms with Gasteiger partial charge in [-0.15, -0.1) is 0 Å². The molecule has 0 aliphatic carbocycles. The highest BCUT2D eigenvalue weighted by Crippen LogP contribution is 2.20. The molecule has 0 amide bonds. The summed E-state index contributed by atoms with van der Waals surface area (Å²) in [6, 6.07) is 11.9. The Kier molecular flexibility index (Phi) is 3.27. The fourth-order valence-electron chi connectivity index (χ4n) is 2.43. The fourth-order valence-corrected chi connectivity index (χ4v) is 2.43. The van der Waals surface area contributed by atoms with Crippen molar-refractivity contribution in [2.75, 3.05) is 18.0 Å². The molecule has 2 nitrogen and oxygen atoms in total. The van der Waals surface area contributed by atoms with E-state index in [1.165, 1.54) is 12.1 Å². The largest absolute Gasteiger partial charge is 0.366 e. The molecule has 1 fully saturated rings. The molecular weight excluding hydrogens is 184 g/mol. The summed E-state index contributed by atoms with van der Waals surface area (Å²) in [7, 11) is 0. The molecule has 0 saturated carbocycles. The van der Waals surface area contributed by atoms with Crippen LogP contribution in [0.15, 0.2) is 30.3 Å². The molecule has 0 spiro atoms. The van der Waals surface area contributed by atoms with E-state index in [0.29, 0.717) is 12.1 Å². The van der Waals surface area contributed by atoms with E-state index in [4.69, 9.17) is 0 Å². The molecule has 0 radical (unpaired) electrons. The van der Waals surface area contributed by atoms with Crippen LogP contribution in [0.4, 0.5) is 5.69 Å². The summed E-state index contributed by atoms with van der Waals surface area (Å²) >= 11 is 0. The molecule has 2 atom stereocenters. The predicted molar refractivity (Wildman–Crippen MR) is 65.3 cm³/mol. The summed E-state index contributed by atoms with van der Waals surface area (Å²) in [5.74, 6) is 0. The fraction of sp³-hybridized carbons (Fsp3) is 0.538. The first-order valence-electron chi connectivity index (χ1n) is 5.88. The molecule has 1 aliphatic heterocycles. The number of piperazine rings is 1. The van der Waals surface area contributed by atoms with E-state index >= 15 is 0 Å². The molecule has 15 heavy (non-hydrogen) atoms. The lowest BCUT2D eigenvalue weighted by Crippen LogP contribution is -2.56. The highest BCUT2D eigenvalue weighted by molar-refractivity contribution is 5.47. The summed E-state index contributed by atoms with van der Waals surface area (Å²) in [6.45, 7) is 6.77. The SMILES string of the molecule is CCC1NCCN(c2ccccc2)[C@@H]1C. The third-order valence-corrected chi connectivity index (χ3v) is 3.36. The zero-order valence-corrected chi connectivity index (χ0v) is 9.61. The first kappa shape index (κ1) is 10.5. The van der Waals surface area contributed by atoms with Gasteiger partial charge in [-0.25, -0.2) is 0 Å². The van der Waals surface area contributed by atoms with Gasteiger partial charge >= 0.3 is 0 Å². The van der Waals surface area contributed by atoms with Crippen molar-refractivity contribution in [2.45, 2.75) is 32.4 Å². The van der Waals surface area contributed by atoms with Crippen molar-refractivity contribution in [3.8, 4) is 0 Å². The van der Waals surface area contributed by atoms with Gasteiger partial charge in [-0.1, -0.05) is 25.1 Å². The van der Waals surface area contributed by atoms with E-state index in [-0.39, 0.29) is 0 Å². The Bertz CT molecular complexity index is 297. The molecule has 1 unspecified atom stereocenters. The van der Waals surface area contributed by atoms with Gasteiger partial charge in [0.05, 0.1) is 0 Å². The van der Waals surface area contributed by atoms with Gasteiger partial charge in [0, 0.05) is 30.9 Å². The summed E-state index contributed by atoms with van der Waals surface area (Å²) in [4.78, 5) is 2.50. The molecule has 2 rings (SSSR count). The number of rotatable bonds is 2. The Hall–Kier alpha value is -1.02. The van der Waals surface area contributed by atoms with E-state index in [1.54, 1.807) is 0 Å². The number of hydrogen-bond acceptors (Lipinski definition) is 2. The van der Waals surface area contributed by atoms with Gasteiger partial charge in [-0.05, 0) is 25.5 Å². The third-order valence-electron chi connectivity index (χ3n) is 3.36. The number of hydrogen-bond donors (Lipinski definition) is 1. The van der Waals surface area contributed by atoms with Crippen LogP contribution < -0.4 is 10.2 Å². The van der Waals surface area contributed by atoms with Gasteiger partial charge in [-0.3, -0.25) is 0 Å². The van der Waals surface area contributed by atoms with E-state index in [0.717, 1.165) is 13.1 Å². The Morgan fingerprint density at radius 3 is 2.73 bits per heavy atom. The maximum Gasteiger partial charge on any atom is 0.0415 e. The normalized spacial score (nSPS) is 26.7. The zero-order chi connectivity index (χ0) is 10.7. The quantitative estimate of drug-likeness (QED) is 0.795. The molecule has 0 bridgehead atoms. The summed E-state index contributed by atoms with van der Waals surface area (Å²) in [5.41, 5.74) is 1.35. The van der Waals surface area contributed by atoms with Gasteiger partial charge in [0.2, 0.25) is 0 Å². The van der Waals surface area contributed by atoms with Crippen molar-refractivity contribution in [3.05, 3.63) is 30.3 Å². The smallest absolute Gasteiger partial charge is 0.0415 e. The van der Waals surface area contributed by atoms with Crippen LogP contribution in [0.5, 0.6) is 0 Å². The van der Waals surface area contributed by atoms with Crippen molar-refractivity contribution >= 4 is 5.69 Å². The van der Waals surface area contributed by atoms with E-state index < -0.39 is 0 Å². The molecule has 1 aromatic rings. The van der Waals surface area contributed by atoms with Crippen molar-refractivity contribution in [1.82, 2.24) is 5.32 Å². The lowest BCUT2D eigenvalue weighted by Gasteiger charge is -2.41. The van der Waals surface area contributed by atoms with Crippen LogP contribution in [-0.4, -0.2) is 25.2 Å². The van der Waals surface area contributed by atoms with Crippen molar-refractivity contribution < 1.29 is 0 Å². The second-order valence-electron chi connectivity index (χ2n) is 4.24. The average Bonchev–Trinajstić information content (AvgIpc) is 2.30. The standard InChI is InChI=1S/C13H20N2/c1-3-13-11(2)15(10-9-14-13)12-7-5-4-6-8-12/h4-8,11,13-14H,3,9-10H2,1-2H3/t11-,13?/m1/s1. The number of nitrogens with one attached hydrogen (secondary N) is 1. The molecular formula is C13H20N2. The highest BCUT2D eigenvalue weighted by Gasteiger charge is 2.25. The molecule has 1 aromatic carbocycles. The van der Waals surface area contributed by atoms with Gasteiger partial charge in [0.15, 0.2) is 0 Å². The van der Waals surface area contributed by atoms with Gasteiger partial charge in [0.25, 0.3) is 0 Å². The first-order chi connectivity index (χ1) is 7.33. The summed E-state index contributed by atoms with van der Waals surface area (Å²) in [5, 5.41) is 3.58. The van der Waals surface area contributed by atoms with Crippen molar-refractivity contribution in [1.29, 1.82) is 0 Å². The Morgan fingerprint density at radius 1 is 1.33 bits per heavy atom. The van der Waals surface area contributed by atoms with E-state index in [1.807, 2.05) is 0 Å². The predicted octanol–water partition coefficient (Wildman–Crippen LogP) is 2.26. The Balaban J connectivity index is 2.15. The maximum absolute atomic E-state index is 3.58. The summed E-state index contributed by atoms with van der Waals surface area (Å²) in [6.07, 6.45) is 1.20. The van der Waals surface area contributed by atoms with Crippen LogP contribution in [0, 0.1) is 0 Å². The van der Waals surface area contributed by atoms with Gasteiger partial charge in [0.1, 0.15) is 0 Å². The second-order valence-corrected chi connectivity index (χ2v) is 4.24. The number of benzene rings is 1. The molecule has 1 aliphatic rings. The van der Waals surface area contributed by atoms with Crippen molar-refractivity contribution in [3.63, 3.8) is 0 Å². The highest BCUT2D eigenvalue weighted by atomic mass is 15.2. The minimum absolute atomic E-state index is 0.589. The van der Waals surface area contributed by atoms with Crippen LogP contribution in [-0.2, 0) is 0 Å². The second kappa shape index (κ2) is 4.67. The number of para-hydroxylation sites is 1. The lowest BCUT2D eigenvalue weighted by molar-refractivity contribution is 0.373. The monoisotopic (exact) mass is 204 g/mol.